The highest BCUT2D eigenvalue weighted by Gasteiger charge is 2.41. The molecule has 0 radical (unpaired) electrons. The number of hydrogen-bond acceptors (Lipinski definition) is 4. The van der Waals surface area contributed by atoms with Gasteiger partial charge in [0.15, 0.2) is 0 Å². The van der Waals surface area contributed by atoms with Gasteiger partial charge in [0, 0.05) is 30.1 Å². The molecule has 1 aliphatic rings. The fourth-order valence-electron chi connectivity index (χ4n) is 3.30. The Hall–Kier alpha value is -1.17. The van der Waals surface area contributed by atoms with Gasteiger partial charge < -0.3 is 14.9 Å². The maximum Gasteiger partial charge on any atom is 0.131 e. The van der Waals surface area contributed by atoms with Crippen LogP contribution < -0.4 is 4.74 Å². The van der Waals surface area contributed by atoms with E-state index in [0.717, 1.165) is 25.8 Å². The van der Waals surface area contributed by atoms with Crippen LogP contribution in [0.5, 0.6) is 5.75 Å². The third-order valence-electron chi connectivity index (χ3n) is 4.78. The summed E-state index contributed by atoms with van der Waals surface area (Å²) in [6.45, 7) is 3.74. The number of likely N-dealkylation sites (tertiary alicyclic amines) is 1. The number of methoxy groups -OCH3 is 1. The Kier molecular flexibility index (Phi) is 5.78. The van der Waals surface area contributed by atoms with Crippen LogP contribution in [0.4, 0.5) is 4.39 Å². The molecule has 5 heteroatoms. The van der Waals surface area contributed by atoms with E-state index in [1.807, 2.05) is 4.90 Å². The summed E-state index contributed by atoms with van der Waals surface area (Å²) in [5, 5.41) is 20.1. The Balaban J connectivity index is 2.02. The van der Waals surface area contributed by atoms with E-state index in [4.69, 9.17) is 4.74 Å². The average molecular weight is 311 g/mol. The van der Waals surface area contributed by atoms with Gasteiger partial charge in [0.2, 0.25) is 0 Å². The minimum absolute atomic E-state index is 0.00669. The highest BCUT2D eigenvalue weighted by Crippen LogP contribution is 2.36. The SMILES string of the molecule is CCC[C@]1(CO)CCN(Cc2ccc(OC)cc2F)C[C@H]1O. The van der Waals surface area contributed by atoms with Gasteiger partial charge in [-0.3, -0.25) is 4.90 Å². The maximum atomic E-state index is 14.0. The standard InChI is InChI=1S/C17H26FNO3/c1-3-6-17(12-20)7-8-19(11-16(17)21)10-13-4-5-14(22-2)9-15(13)18/h4-5,9,16,20-21H,3,6-8,10-12H2,1-2H3/t16-,17-/m1/s1. The maximum absolute atomic E-state index is 14.0. The molecule has 1 aromatic carbocycles. The molecule has 1 aromatic rings. The van der Waals surface area contributed by atoms with E-state index in [-0.39, 0.29) is 12.4 Å². The zero-order valence-electron chi connectivity index (χ0n) is 13.4. The number of hydrogen-bond donors (Lipinski definition) is 2. The molecule has 2 rings (SSSR count). The van der Waals surface area contributed by atoms with Crippen LogP contribution in [-0.2, 0) is 6.54 Å². The van der Waals surface area contributed by atoms with Crippen LogP contribution >= 0.6 is 0 Å². The molecule has 1 saturated heterocycles. The molecular weight excluding hydrogens is 285 g/mol. The first-order valence-corrected chi connectivity index (χ1v) is 7.88. The van der Waals surface area contributed by atoms with E-state index in [1.54, 1.807) is 12.1 Å². The van der Waals surface area contributed by atoms with E-state index in [0.29, 0.717) is 24.4 Å². The largest absolute Gasteiger partial charge is 0.497 e. The second-order valence-corrected chi connectivity index (χ2v) is 6.23. The van der Waals surface area contributed by atoms with Crippen LogP contribution in [0.1, 0.15) is 31.7 Å². The smallest absolute Gasteiger partial charge is 0.131 e. The molecule has 1 heterocycles. The number of ether oxygens (including phenoxy) is 1. The first kappa shape index (κ1) is 17.2. The first-order valence-electron chi connectivity index (χ1n) is 7.88. The predicted octanol–water partition coefficient (Wildman–Crippen LogP) is 2.18. The fourth-order valence-corrected chi connectivity index (χ4v) is 3.30. The van der Waals surface area contributed by atoms with Gasteiger partial charge >= 0.3 is 0 Å². The van der Waals surface area contributed by atoms with Gasteiger partial charge in [-0.1, -0.05) is 19.4 Å². The van der Waals surface area contributed by atoms with Crippen LogP contribution in [0.2, 0.25) is 0 Å². The lowest BCUT2D eigenvalue weighted by Gasteiger charge is -2.44. The minimum atomic E-state index is -0.576. The molecule has 2 atom stereocenters. The van der Waals surface area contributed by atoms with Gasteiger partial charge in [-0.15, -0.1) is 0 Å². The lowest BCUT2D eigenvalue weighted by molar-refractivity contribution is -0.0804. The monoisotopic (exact) mass is 311 g/mol. The average Bonchev–Trinajstić information content (AvgIpc) is 2.52. The topological polar surface area (TPSA) is 52.9 Å². The van der Waals surface area contributed by atoms with Crippen molar-refractivity contribution in [2.24, 2.45) is 5.41 Å². The van der Waals surface area contributed by atoms with Crippen molar-refractivity contribution in [2.75, 3.05) is 26.8 Å². The zero-order chi connectivity index (χ0) is 16.2. The van der Waals surface area contributed by atoms with Crippen LogP contribution in [0.3, 0.4) is 0 Å². The van der Waals surface area contributed by atoms with E-state index >= 15 is 0 Å². The fraction of sp³-hybridized carbons (Fsp3) is 0.647. The third kappa shape index (κ3) is 3.59. The van der Waals surface area contributed by atoms with Crippen LogP contribution in [0.15, 0.2) is 18.2 Å². The summed E-state index contributed by atoms with van der Waals surface area (Å²) >= 11 is 0. The summed E-state index contributed by atoms with van der Waals surface area (Å²) in [6.07, 6.45) is 1.91. The normalized spacial score (nSPS) is 26.1. The van der Waals surface area contributed by atoms with Crippen molar-refractivity contribution >= 4 is 0 Å². The second kappa shape index (κ2) is 7.40. The van der Waals surface area contributed by atoms with Gasteiger partial charge in [0.25, 0.3) is 0 Å². The van der Waals surface area contributed by atoms with Gasteiger partial charge in [0.1, 0.15) is 11.6 Å². The number of nitrogens with zero attached hydrogens (tertiary/aromatic N) is 1. The molecule has 0 unspecified atom stereocenters. The van der Waals surface area contributed by atoms with E-state index in [2.05, 4.69) is 6.92 Å². The number of benzene rings is 1. The summed E-state index contributed by atoms with van der Waals surface area (Å²) in [6, 6.07) is 4.85. The number of piperidine rings is 1. The van der Waals surface area contributed by atoms with Gasteiger partial charge in [-0.05, 0) is 25.5 Å². The summed E-state index contributed by atoms with van der Waals surface area (Å²) < 4.78 is 19.0. The van der Waals surface area contributed by atoms with Crippen molar-refractivity contribution in [3.8, 4) is 5.75 Å². The predicted molar refractivity (Wildman–Crippen MR) is 83.3 cm³/mol. The molecule has 0 amide bonds. The number of rotatable bonds is 6. The molecule has 0 spiro atoms. The molecule has 0 bridgehead atoms. The van der Waals surface area contributed by atoms with E-state index in [9.17, 15) is 14.6 Å². The van der Waals surface area contributed by atoms with Crippen molar-refractivity contribution in [1.82, 2.24) is 4.90 Å². The highest BCUT2D eigenvalue weighted by atomic mass is 19.1. The van der Waals surface area contributed by atoms with Crippen LogP contribution in [0, 0.1) is 11.2 Å². The molecule has 124 valence electrons. The Labute approximate surface area is 131 Å². The molecule has 0 aliphatic carbocycles. The number of aliphatic hydroxyl groups excluding tert-OH is 2. The molecule has 0 aromatic heterocycles. The zero-order valence-corrected chi connectivity index (χ0v) is 13.4. The molecule has 0 saturated carbocycles. The molecule has 4 nitrogen and oxygen atoms in total. The van der Waals surface area contributed by atoms with Gasteiger partial charge in [0.05, 0.1) is 19.8 Å². The molecule has 1 aliphatic heterocycles. The van der Waals surface area contributed by atoms with Crippen molar-refractivity contribution < 1.29 is 19.3 Å². The number of halogens is 1. The molecule has 1 fully saturated rings. The van der Waals surface area contributed by atoms with Gasteiger partial charge in [-0.25, -0.2) is 4.39 Å². The Morgan fingerprint density at radius 3 is 2.77 bits per heavy atom. The summed E-state index contributed by atoms with van der Waals surface area (Å²) in [4.78, 5) is 2.04. The Morgan fingerprint density at radius 2 is 2.23 bits per heavy atom. The van der Waals surface area contributed by atoms with Crippen molar-refractivity contribution in [3.63, 3.8) is 0 Å². The lowest BCUT2D eigenvalue weighted by atomic mass is 9.73. The Bertz CT molecular complexity index is 497. The first-order chi connectivity index (χ1) is 10.5. The lowest BCUT2D eigenvalue weighted by Crippen LogP contribution is -2.52. The molecule has 22 heavy (non-hydrogen) atoms. The third-order valence-corrected chi connectivity index (χ3v) is 4.78. The number of β-amino-alcohol motifs (C(OH)–C–C–N with tert-alkyl or cyclic N) is 1. The van der Waals surface area contributed by atoms with Crippen molar-refractivity contribution in [2.45, 2.75) is 38.8 Å². The molecular formula is C17H26FNO3. The second-order valence-electron chi connectivity index (χ2n) is 6.23. The van der Waals surface area contributed by atoms with Crippen LogP contribution in [0.25, 0.3) is 0 Å². The summed E-state index contributed by atoms with van der Waals surface area (Å²) in [5.74, 6) is 0.212. The summed E-state index contributed by atoms with van der Waals surface area (Å²) in [7, 11) is 1.51. The van der Waals surface area contributed by atoms with Crippen molar-refractivity contribution in [1.29, 1.82) is 0 Å². The van der Waals surface area contributed by atoms with Crippen LogP contribution in [-0.4, -0.2) is 48.0 Å². The van der Waals surface area contributed by atoms with E-state index < -0.39 is 11.5 Å². The van der Waals surface area contributed by atoms with Crippen molar-refractivity contribution in [3.05, 3.63) is 29.6 Å². The minimum Gasteiger partial charge on any atom is -0.497 e. The highest BCUT2D eigenvalue weighted by molar-refractivity contribution is 5.28. The van der Waals surface area contributed by atoms with Gasteiger partial charge in [-0.2, -0.15) is 0 Å². The quantitative estimate of drug-likeness (QED) is 0.845. The number of aliphatic hydroxyl groups is 2. The van der Waals surface area contributed by atoms with E-state index in [1.165, 1.54) is 13.2 Å². The summed E-state index contributed by atoms with van der Waals surface area (Å²) in [5.41, 5.74) is 0.198. The Morgan fingerprint density at radius 1 is 1.45 bits per heavy atom. The molecule has 2 N–H and O–H groups in total.